The largest absolute Gasteiger partial charge is 0.497 e. The molecule has 0 spiro atoms. The van der Waals surface area contributed by atoms with Crippen molar-refractivity contribution in [1.82, 2.24) is 9.47 Å². The molecule has 2 heterocycles. The lowest BCUT2D eigenvalue weighted by molar-refractivity contribution is -0.152. The van der Waals surface area contributed by atoms with Crippen molar-refractivity contribution < 1.29 is 23.9 Å². The van der Waals surface area contributed by atoms with E-state index in [2.05, 4.69) is 20.8 Å². The topological polar surface area (TPSA) is 77.8 Å². The Kier molecular flexibility index (Phi) is 7.00. The Bertz CT molecular complexity index is 1460. The van der Waals surface area contributed by atoms with E-state index < -0.39 is 5.97 Å². The van der Waals surface area contributed by atoms with Gasteiger partial charge in [0.25, 0.3) is 11.8 Å². The molecule has 2 aliphatic rings. The van der Waals surface area contributed by atoms with Gasteiger partial charge in [-0.15, -0.1) is 0 Å². The molecule has 2 fully saturated rings. The molecule has 206 valence electrons. The second kappa shape index (κ2) is 10.0. The summed E-state index contributed by atoms with van der Waals surface area (Å²) in [5.74, 6) is -0.278. The fraction of sp³-hybridized carbons (Fsp3) is 0.452. The number of rotatable bonds is 6. The number of nitrogens with zero attached hydrogens (tertiary/aromatic N) is 2. The third-order valence-corrected chi connectivity index (χ3v) is 8.50. The number of hydrogen-bond acceptors (Lipinski definition) is 5. The SMILES string of the molecule is COc1ccc2c(c1)c(CC(=O)OCC(=O)N1C[C@]3(C)C[C@H]1CC(C)(C)C3)c(C)n2C(=O)c1ccc(Cl)cc1. The van der Waals surface area contributed by atoms with Crippen LogP contribution in [0.3, 0.4) is 0 Å². The molecular weight excluding hydrogens is 516 g/mol. The maximum absolute atomic E-state index is 13.5. The zero-order chi connectivity index (χ0) is 28.1. The Morgan fingerprint density at radius 2 is 1.77 bits per heavy atom. The number of carbonyl (C=O) groups is 3. The number of aromatic nitrogens is 1. The predicted molar refractivity (Wildman–Crippen MR) is 150 cm³/mol. The van der Waals surface area contributed by atoms with Crippen molar-refractivity contribution in [2.45, 2.75) is 59.4 Å². The lowest BCUT2D eigenvalue weighted by Gasteiger charge is -2.39. The number of fused-ring (bicyclic) bond motifs is 3. The van der Waals surface area contributed by atoms with Gasteiger partial charge in [0.05, 0.1) is 19.0 Å². The fourth-order valence-electron chi connectivity index (χ4n) is 6.97. The number of amides is 1. The van der Waals surface area contributed by atoms with Gasteiger partial charge in [-0.25, -0.2) is 0 Å². The Morgan fingerprint density at radius 1 is 1.05 bits per heavy atom. The van der Waals surface area contributed by atoms with Crippen molar-refractivity contribution in [3.63, 3.8) is 0 Å². The van der Waals surface area contributed by atoms with Gasteiger partial charge < -0.3 is 14.4 Å². The van der Waals surface area contributed by atoms with Crippen LogP contribution in [0.25, 0.3) is 10.9 Å². The molecule has 39 heavy (non-hydrogen) atoms. The average Bonchev–Trinajstić information content (AvgIpc) is 3.30. The molecule has 1 saturated heterocycles. The van der Waals surface area contributed by atoms with Crippen LogP contribution in [0.4, 0.5) is 0 Å². The first-order chi connectivity index (χ1) is 18.4. The second-order valence-electron chi connectivity index (χ2n) is 12.2. The molecule has 1 aromatic heterocycles. The molecule has 5 rings (SSSR count). The summed E-state index contributed by atoms with van der Waals surface area (Å²) in [7, 11) is 1.57. The molecule has 2 bridgehead atoms. The molecule has 1 saturated carbocycles. The fourth-order valence-corrected chi connectivity index (χ4v) is 7.09. The van der Waals surface area contributed by atoms with Crippen LogP contribution >= 0.6 is 11.6 Å². The zero-order valence-corrected chi connectivity index (χ0v) is 23.9. The maximum atomic E-state index is 13.5. The van der Waals surface area contributed by atoms with Crippen molar-refractivity contribution in [1.29, 1.82) is 0 Å². The van der Waals surface area contributed by atoms with Crippen molar-refractivity contribution in [2.24, 2.45) is 10.8 Å². The summed E-state index contributed by atoms with van der Waals surface area (Å²) < 4.78 is 12.5. The molecular formula is C31H35ClN2O5. The van der Waals surface area contributed by atoms with Gasteiger partial charge in [-0.2, -0.15) is 0 Å². The highest BCUT2D eigenvalue weighted by molar-refractivity contribution is 6.30. The second-order valence-corrected chi connectivity index (χ2v) is 12.6. The Labute approximate surface area is 234 Å². The van der Waals surface area contributed by atoms with E-state index in [0.29, 0.717) is 39.7 Å². The van der Waals surface area contributed by atoms with Gasteiger partial charge in [-0.3, -0.25) is 19.0 Å². The van der Waals surface area contributed by atoms with E-state index in [0.717, 1.165) is 24.6 Å². The van der Waals surface area contributed by atoms with Gasteiger partial charge in [0.2, 0.25) is 0 Å². The summed E-state index contributed by atoms with van der Waals surface area (Å²) in [4.78, 5) is 41.5. The predicted octanol–water partition coefficient (Wildman–Crippen LogP) is 5.81. The van der Waals surface area contributed by atoms with Crippen LogP contribution < -0.4 is 4.74 Å². The minimum atomic E-state index is -0.513. The number of hydrogen-bond donors (Lipinski definition) is 0. The quantitative estimate of drug-likeness (QED) is 0.362. The van der Waals surface area contributed by atoms with E-state index in [-0.39, 0.29) is 41.7 Å². The third-order valence-electron chi connectivity index (χ3n) is 8.25. The highest BCUT2D eigenvalue weighted by Gasteiger charge is 2.51. The molecule has 7 nitrogen and oxygen atoms in total. The van der Waals surface area contributed by atoms with Gasteiger partial charge in [-0.05, 0) is 85.0 Å². The number of carbonyl (C=O) groups excluding carboxylic acids is 3. The Morgan fingerprint density at radius 3 is 2.46 bits per heavy atom. The molecule has 1 aliphatic heterocycles. The van der Waals surface area contributed by atoms with Gasteiger partial charge in [-0.1, -0.05) is 32.4 Å². The average molecular weight is 551 g/mol. The molecule has 2 atom stereocenters. The van der Waals surface area contributed by atoms with Crippen LogP contribution in [0.15, 0.2) is 42.5 Å². The smallest absolute Gasteiger partial charge is 0.310 e. The molecule has 0 radical (unpaired) electrons. The number of methoxy groups -OCH3 is 1. The Hall–Kier alpha value is -3.32. The highest BCUT2D eigenvalue weighted by atomic mass is 35.5. The molecule has 3 aromatic rings. The summed E-state index contributed by atoms with van der Waals surface area (Å²) in [6.07, 6.45) is 2.97. The summed E-state index contributed by atoms with van der Waals surface area (Å²) in [5, 5.41) is 1.26. The highest BCUT2D eigenvalue weighted by Crippen LogP contribution is 2.52. The number of esters is 1. The molecule has 2 aromatic carbocycles. The first kappa shape index (κ1) is 27.3. The lowest BCUT2D eigenvalue weighted by Crippen LogP contribution is -2.40. The number of ether oxygens (including phenoxy) is 2. The van der Waals surface area contributed by atoms with Crippen LogP contribution in [0, 0.1) is 17.8 Å². The summed E-state index contributed by atoms with van der Waals surface area (Å²) >= 11 is 6.01. The van der Waals surface area contributed by atoms with E-state index in [4.69, 9.17) is 21.1 Å². The summed E-state index contributed by atoms with van der Waals surface area (Å²) in [5.41, 5.74) is 2.73. The first-order valence-electron chi connectivity index (χ1n) is 13.3. The summed E-state index contributed by atoms with van der Waals surface area (Å²) in [6, 6.07) is 12.3. The standard InChI is InChI=1S/C31H35ClN2O5/c1-19-24(13-28(36)39-16-27(35)33-18-31(4)15-22(33)14-30(2,3)17-31)25-12-23(38-5)10-11-26(25)34(19)29(37)20-6-8-21(32)9-7-20/h6-12,22H,13-18H2,1-5H3/t22-,31-/m1/s1. The van der Waals surface area contributed by atoms with E-state index in [9.17, 15) is 14.4 Å². The van der Waals surface area contributed by atoms with E-state index in [1.807, 2.05) is 11.0 Å². The van der Waals surface area contributed by atoms with Crippen LogP contribution in [0.1, 0.15) is 61.6 Å². The van der Waals surface area contributed by atoms with Crippen molar-refractivity contribution in [3.8, 4) is 5.75 Å². The number of benzene rings is 2. The minimum absolute atomic E-state index is 0.0716. The Balaban J connectivity index is 1.35. The van der Waals surface area contributed by atoms with Gasteiger partial charge >= 0.3 is 5.97 Å². The maximum Gasteiger partial charge on any atom is 0.310 e. The van der Waals surface area contributed by atoms with Crippen molar-refractivity contribution in [2.75, 3.05) is 20.3 Å². The first-order valence-corrected chi connectivity index (χ1v) is 13.7. The molecule has 8 heteroatoms. The number of likely N-dealkylation sites (tertiary alicyclic amines) is 1. The van der Waals surface area contributed by atoms with Crippen LogP contribution in [0.5, 0.6) is 5.75 Å². The minimum Gasteiger partial charge on any atom is -0.497 e. The molecule has 1 amide bonds. The van der Waals surface area contributed by atoms with Crippen molar-refractivity contribution >= 4 is 40.3 Å². The molecule has 0 unspecified atom stereocenters. The van der Waals surface area contributed by atoms with Gasteiger partial charge in [0.15, 0.2) is 6.61 Å². The van der Waals surface area contributed by atoms with Gasteiger partial charge in [0, 0.05) is 34.3 Å². The van der Waals surface area contributed by atoms with Crippen LogP contribution in [-0.4, -0.2) is 53.6 Å². The van der Waals surface area contributed by atoms with Gasteiger partial charge in [0.1, 0.15) is 5.75 Å². The third kappa shape index (κ3) is 5.29. The zero-order valence-electron chi connectivity index (χ0n) is 23.2. The van der Waals surface area contributed by atoms with Crippen LogP contribution in [-0.2, 0) is 20.7 Å². The normalized spacial score (nSPS) is 21.7. The van der Waals surface area contributed by atoms with Crippen LogP contribution in [0.2, 0.25) is 5.02 Å². The lowest BCUT2D eigenvalue weighted by atomic mass is 9.65. The van der Waals surface area contributed by atoms with E-state index >= 15 is 0 Å². The summed E-state index contributed by atoms with van der Waals surface area (Å²) in [6.45, 7) is 9.00. The van der Waals surface area contributed by atoms with E-state index in [1.54, 1.807) is 55.0 Å². The number of halogens is 1. The monoisotopic (exact) mass is 550 g/mol. The molecule has 0 N–H and O–H groups in total. The van der Waals surface area contributed by atoms with E-state index in [1.165, 1.54) is 0 Å². The van der Waals surface area contributed by atoms with Crippen molar-refractivity contribution in [3.05, 3.63) is 64.3 Å². The molecule has 1 aliphatic carbocycles.